The van der Waals surface area contributed by atoms with Crippen molar-refractivity contribution < 1.29 is 13.9 Å². The van der Waals surface area contributed by atoms with Gasteiger partial charge in [0.1, 0.15) is 5.82 Å². The van der Waals surface area contributed by atoms with Crippen LogP contribution in [0.3, 0.4) is 0 Å². The molecular weight excluding hydrogens is 245 g/mol. The van der Waals surface area contributed by atoms with Gasteiger partial charge in [-0.15, -0.1) is 0 Å². The van der Waals surface area contributed by atoms with Crippen molar-refractivity contribution in [2.24, 2.45) is 5.92 Å². The van der Waals surface area contributed by atoms with Crippen LogP contribution >= 0.6 is 0 Å². The van der Waals surface area contributed by atoms with Gasteiger partial charge in [-0.3, -0.25) is 4.79 Å². The van der Waals surface area contributed by atoms with E-state index in [0.717, 1.165) is 0 Å². The molecule has 0 unspecified atom stereocenters. The van der Waals surface area contributed by atoms with Gasteiger partial charge in [-0.25, -0.2) is 4.39 Å². The fourth-order valence-electron chi connectivity index (χ4n) is 1.89. The summed E-state index contributed by atoms with van der Waals surface area (Å²) in [6, 6.07) is 6.18. The van der Waals surface area contributed by atoms with E-state index in [9.17, 15) is 9.18 Å². The molecule has 0 fully saturated rings. The zero-order valence-electron chi connectivity index (χ0n) is 11.9. The SMILES string of the molecule is COCCN(CC(C)C)C(=O)Cc1cccc(F)c1. The summed E-state index contributed by atoms with van der Waals surface area (Å²) in [4.78, 5) is 14.0. The number of amides is 1. The van der Waals surface area contributed by atoms with Crippen LogP contribution in [0, 0.1) is 11.7 Å². The Labute approximate surface area is 114 Å². The Balaban J connectivity index is 2.65. The van der Waals surface area contributed by atoms with E-state index in [1.807, 2.05) is 0 Å². The van der Waals surface area contributed by atoms with Gasteiger partial charge in [0.25, 0.3) is 0 Å². The zero-order chi connectivity index (χ0) is 14.3. The lowest BCUT2D eigenvalue weighted by Gasteiger charge is -2.24. The van der Waals surface area contributed by atoms with Gasteiger partial charge >= 0.3 is 0 Å². The molecule has 0 N–H and O–H groups in total. The molecule has 1 aromatic rings. The molecule has 0 aliphatic heterocycles. The van der Waals surface area contributed by atoms with E-state index in [1.165, 1.54) is 12.1 Å². The number of rotatable bonds is 7. The number of carbonyl (C=O) groups is 1. The standard InChI is InChI=1S/C15H22FNO2/c1-12(2)11-17(7-8-19-3)15(18)10-13-5-4-6-14(16)9-13/h4-6,9,12H,7-8,10-11H2,1-3H3. The highest BCUT2D eigenvalue weighted by Gasteiger charge is 2.15. The third-order valence-electron chi connectivity index (χ3n) is 2.75. The number of hydrogen-bond donors (Lipinski definition) is 0. The Morgan fingerprint density at radius 3 is 2.74 bits per heavy atom. The maximum atomic E-state index is 13.1. The lowest BCUT2D eigenvalue weighted by molar-refractivity contribution is -0.131. The lowest BCUT2D eigenvalue weighted by Crippen LogP contribution is -2.37. The van der Waals surface area contributed by atoms with E-state index in [4.69, 9.17) is 4.74 Å². The van der Waals surface area contributed by atoms with E-state index >= 15 is 0 Å². The number of carbonyl (C=O) groups excluding carboxylic acids is 1. The number of halogens is 1. The fourth-order valence-corrected chi connectivity index (χ4v) is 1.89. The molecule has 0 bridgehead atoms. The Hall–Kier alpha value is -1.42. The first-order valence-corrected chi connectivity index (χ1v) is 6.54. The van der Waals surface area contributed by atoms with Crippen molar-refractivity contribution in [1.29, 1.82) is 0 Å². The topological polar surface area (TPSA) is 29.5 Å². The first-order chi connectivity index (χ1) is 9.02. The van der Waals surface area contributed by atoms with Gasteiger partial charge in [0.2, 0.25) is 5.91 Å². The summed E-state index contributed by atoms with van der Waals surface area (Å²) >= 11 is 0. The Bertz CT molecular complexity index is 407. The molecule has 1 amide bonds. The van der Waals surface area contributed by atoms with Gasteiger partial charge in [-0.05, 0) is 23.6 Å². The molecule has 0 aliphatic carbocycles. The van der Waals surface area contributed by atoms with E-state index in [1.54, 1.807) is 24.1 Å². The van der Waals surface area contributed by atoms with Gasteiger partial charge in [-0.1, -0.05) is 26.0 Å². The van der Waals surface area contributed by atoms with Crippen molar-refractivity contribution in [2.75, 3.05) is 26.8 Å². The summed E-state index contributed by atoms with van der Waals surface area (Å²) in [6.07, 6.45) is 0.230. The molecule has 106 valence electrons. The quantitative estimate of drug-likeness (QED) is 0.759. The third kappa shape index (κ3) is 5.83. The second kappa shape index (κ2) is 7.89. The molecule has 0 radical (unpaired) electrons. The van der Waals surface area contributed by atoms with Crippen LogP contribution in [0.1, 0.15) is 19.4 Å². The zero-order valence-corrected chi connectivity index (χ0v) is 11.9. The first kappa shape index (κ1) is 15.6. The molecule has 4 heteroatoms. The molecule has 0 saturated heterocycles. The van der Waals surface area contributed by atoms with Gasteiger partial charge in [0.05, 0.1) is 13.0 Å². The lowest BCUT2D eigenvalue weighted by atomic mass is 10.1. The molecule has 0 saturated carbocycles. The monoisotopic (exact) mass is 267 g/mol. The summed E-state index contributed by atoms with van der Waals surface area (Å²) in [5, 5.41) is 0. The highest BCUT2D eigenvalue weighted by molar-refractivity contribution is 5.78. The van der Waals surface area contributed by atoms with E-state index in [2.05, 4.69) is 13.8 Å². The van der Waals surface area contributed by atoms with Crippen molar-refractivity contribution in [3.8, 4) is 0 Å². The maximum absolute atomic E-state index is 13.1. The average Bonchev–Trinajstić information content (AvgIpc) is 2.34. The van der Waals surface area contributed by atoms with Gasteiger partial charge < -0.3 is 9.64 Å². The third-order valence-corrected chi connectivity index (χ3v) is 2.75. The number of methoxy groups -OCH3 is 1. The van der Waals surface area contributed by atoms with E-state index in [0.29, 0.717) is 31.2 Å². The minimum absolute atomic E-state index is 0.0105. The van der Waals surface area contributed by atoms with Gasteiger partial charge in [0.15, 0.2) is 0 Å². The van der Waals surface area contributed by atoms with Crippen molar-refractivity contribution in [3.05, 3.63) is 35.6 Å². The predicted octanol–water partition coefficient (Wildman–Crippen LogP) is 2.50. The predicted molar refractivity (Wildman–Crippen MR) is 73.4 cm³/mol. The molecule has 0 atom stereocenters. The highest BCUT2D eigenvalue weighted by atomic mass is 19.1. The maximum Gasteiger partial charge on any atom is 0.227 e. The van der Waals surface area contributed by atoms with Crippen molar-refractivity contribution in [3.63, 3.8) is 0 Å². The second-order valence-electron chi connectivity index (χ2n) is 5.03. The summed E-state index contributed by atoms with van der Waals surface area (Å²) in [5.74, 6) is 0.0993. The number of hydrogen-bond acceptors (Lipinski definition) is 2. The minimum atomic E-state index is -0.308. The van der Waals surface area contributed by atoms with E-state index in [-0.39, 0.29) is 18.1 Å². The largest absolute Gasteiger partial charge is 0.383 e. The Morgan fingerprint density at radius 2 is 2.16 bits per heavy atom. The van der Waals surface area contributed by atoms with E-state index < -0.39 is 0 Å². The highest BCUT2D eigenvalue weighted by Crippen LogP contribution is 2.08. The molecule has 0 aliphatic rings. The van der Waals surface area contributed by atoms with Crippen molar-refractivity contribution >= 4 is 5.91 Å². The molecule has 0 heterocycles. The van der Waals surface area contributed by atoms with Crippen LogP contribution in [0.15, 0.2) is 24.3 Å². The van der Waals surface area contributed by atoms with Gasteiger partial charge in [0, 0.05) is 20.2 Å². The van der Waals surface area contributed by atoms with Crippen LogP contribution < -0.4 is 0 Å². The fraction of sp³-hybridized carbons (Fsp3) is 0.533. The van der Waals surface area contributed by atoms with Crippen molar-refractivity contribution in [1.82, 2.24) is 4.90 Å². The van der Waals surface area contributed by atoms with Crippen LogP contribution in [0.2, 0.25) is 0 Å². The smallest absolute Gasteiger partial charge is 0.227 e. The molecular formula is C15H22FNO2. The summed E-state index contributed by atoms with van der Waals surface area (Å²) in [7, 11) is 1.62. The first-order valence-electron chi connectivity index (χ1n) is 6.54. The van der Waals surface area contributed by atoms with Crippen LogP contribution in [-0.2, 0) is 16.0 Å². The normalized spacial score (nSPS) is 10.8. The molecule has 1 aromatic carbocycles. The molecule has 1 rings (SSSR count). The van der Waals surface area contributed by atoms with Gasteiger partial charge in [-0.2, -0.15) is 0 Å². The van der Waals surface area contributed by atoms with Crippen molar-refractivity contribution in [2.45, 2.75) is 20.3 Å². The average molecular weight is 267 g/mol. The molecule has 3 nitrogen and oxygen atoms in total. The summed E-state index contributed by atoms with van der Waals surface area (Å²) in [5.41, 5.74) is 0.705. The number of ether oxygens (including phenoxy) is 1. The van der Waals surface area contributed by atoms with Crippen LogP contribution in [0.5, 0.6) is 0 Å². The Morgan fingerprint density at radius 1 is 1.42 bits per heavy atom. The Kier molecular flexibility index (Phi) is 6.50. The van der Waals surface area contributed by atoms with Crippen LogP contribution in [0.4, 0.5) is 4.39 Å². The summed E-state index contributed by atoms with van der Waals surface area (Å²) < 4.78 is 18.1. The summed E-state index contributed by atoms with van der Waals surface area (Å²) in [6.45, 7) is 5.91. The molecule has 0 spiro atoms. The second-order valence-corrected chi connectivity index (χ2v) is 5.03. The number of benzene rings is 1. The van der Waals surface area contributed by atoms with Crippen LogP contribution in [-0.4, -0.2) is 37.6 Å². The molecule has 19 heavy (non-hydrogen) atoms. The molecule has 0 aromatic heterocycles. The number of nitrogens with zero attached hydrogens (tertiary/aromatic N) is 1. The minimum Gasteiger partial charge on any atom is -0.383 e. The van der Waals surface area contributed by atoms with Crippen LogP contribution in [0.25, 0.3) is 0 Å².